The van der Waals surface area contributed by atoms with Gasteiger partial charge in [0.25, 0.3) is 0 Å². The Morgan fingerprint density at radius 3 is 2.80 bits per heavy atom. The summed E-state index contributed by atoms with van der Waals surface area (Å²) in [7, 11) is 1.86. The van der Waals surface area contributed by atoms with Crippen LogP contribution < -0.4 is 5.32 Å². The van der Waals surface area contributed by atoms with Crippen molar-refractivity contribution in [3.63, 3.8) is 0 Å². The number of rotatable bonds is 2. The molecule has 1 aromatic heterocycles. The highest BCUT2D eigenvalue weighted by molar-refractivity contribution is 7.10. The van der Waals surface area contributed by atoms with Crippen LogP contribution in [0.15, 0.2) is 11.4 Å². The highest BCUT2D eigenvalue weighted by Crippen LogP contribution is 2.25. The molecule has 0 saturated carbocycles. The summed E-state index contributed by atoms with van der Waals surface area (Å²) in [6, 6.07) is 2.08. The zero-order chi connectivity index (χ0) is 7.56. The molecule has 0 spiro atoms. The van der Waals surface area contributed by atoms with E-state index in [1.807, 2.05) is 7.05 Å². The molecule has 0 fully saturated rings. The van der Waals surface area contributed by atoms with Crippen molar-refractivity contribution < 1.29 is 0 Å². The number of nitrogens with one attached hydrogen (secondary N) is 1. The number of hydrogen-bond acceptors (Lipinski definition) is 2. The van der Waals surface area contributed by atoms with Crippen molar-refractivity contribution >= 4 is 22.9 Å². The van der Waals surface area contributed by atoms with Gasteiger partial charge in [-0.15, -0.1) is 11.3 Å². The van der Waals surface area contributed by atoms with Crippen molar-refractivity contribution in [1.82, 2.24) is 5.32 Å². The molecule has 0 amide bonds. The molecule has 1 rings (SSSR count). The molecule has 1 heterocycles. The van der Waals surface area contributed by atoms with Gasteiger partial charge >= 0.3 is 0 Å². The van der Waals surface area contributed by atoms with Crippen LogP contribution in [0.5, 0.6) is 0 Å². The van der Waals surface area contributed by atoms with Gasteiger partial charge in [-0.25, -0.2) is 0 Å². The summed E-state index contributed by atoms with van der Waals surface area (Å²) >= 11 is 7.62. The quantitative estimate of drug-likeness (QED) is 0.538. The first-order chi connectivity index (χ1) is 4.75. The van der Waals surface area contributed by atoms with Crippen molar-refractivity contribution in [3.05, 3.63) is 21.9 Å². The van der Waals surface area contributed by atoms with E-state index in [1.165, 1.54) is 10.4 Å². The van der Waals surface area contributed by atoms with Crippen LogP contribution >= 0.6 is 22.9 Å². The molecule has 0 radical (unpaired) electrons. The first-order valence-corrected chi connectivity index (χ1v) is 4.42. The van der Waals surface area contributed by atoms with Crippen molar-refractivity contribution in [2.75, 3.05) is 7.05 Å². The largest absolute Gasteiger partial charge is 0.300 e. The third kappa shape index (κ3) is 1.51. The molecule has 10 heavy (non-hydrogen) atoms. The standard InChI is InChI=1S/C7H10ClNS/c1-5-3-4-10-6(5)7(8)9-2/h3-4,7,9H,1-2H3. The Bertz CT molecular complexity index is 209. The fraction of sp³-hybridized carbons (Fsp3) is 0.429. The van der Waals surface area contributed by atoms with Gasteiger partial charge in [-0.1, -0.05) is 11.6 Å². The van der Waals surface area contributed by atoms with Gasteiger partial charge in [0.2, 0.25) is 0 Å². The van der Waals surface area contributed by atoms with Gasteiger partial charge in [0, 0.05) is 4.88 Å². The van der Waals surface area contributed by atoms with E-state index >= 15 is 0 Å². The smallest absolute Gasteiger partial charge is 0.117 e. The van der Waals surface area contributed by atoms with E-state index in [0.717, 1.165) is 0 Å². The van der Waals surface area contributed by atoms with Crippen LogP contribution in [0.4, 0.5) is 0 Å². The second-order valence-electron chi connectivity index (χ2n) is 2.12. The van der Waals surface area contributed by atoms with E-state index in [1.54, 1.807) is 11.3 Å². The van der Waals surface area contributed by atoms with E-state index in [-0.39, 0.29) is 5.50 Å². The third-order valence-electron chi connectivity index (χ3n) is 1.39. The third-order valence-corrected chi connectivity index (χ3v) is 3.03. The van der Waals surface area contributed by atoms with Gasteiger partial charge in [0.15, 0.2) is 0 Å². The predicted octanol–water partition coefficient (Wildman–Crippen LogP) is 2.51. The van der Waals surface area contributed by atoms with Crippen molar-refractivity contribution in [2.24, 2.45) is 0 Å². The van der Waals surface area contributed by atoms with Crippen LogP contribution in [-0.4, -0.2) is 7.05 Å². The topological polar surface area (TPSA) is 12.0 Å². The maximum absolute atomic E-state index is 5.94. The number of aryl methyl sites for hydroxylation is 1. The molecule has 0 saturated heterocycles. The Morgan fingerprint density at radius 1 is 1.70 bits per heavy atom. The van der Waals surface area contributed by atoms with Crippen LogP contribution in [0.25, 0.3) is 0 Å². The van der Waals surface area contributed by atoms with Crippen LogP contribution in [0.2, 0.25) is 0 Å². The average molecular weight is 176 g/mol. The van der Waals surface area contributed by atoms with Crippen LogP contribution in [-0.2, 0) is 0 Å². The predicted molar refractivity (Wildman–Crippen MR) is 46.7 cm³/mol. The SMILES string of the molecule is CNC(Cl)c1sccc1C. The lowest BCUT2D eigenvalue weighted by Crippen LogP contribution is -2.08. The fourth-order valence-electron chi connectivity index (χ4n) is 0.775. The van der Waals surface area contributed by atoms with E-state index in [0.29, 0.717) is 0 Å². The normalized spacial score (nSPS) is 13.5. The molecule has 1 N–H and O–H groups in total. The van der Waals surface area contributed by atoms with Crippen LogP contribution in [0, 0.1) is 6.92 Å². The first-order valence-electron chi connectivity index (χ1n) is 3.11. The molecule has 1 unspecified atom stereocenters. The van der Waals surface area contributed by atoms with E-state index < -0.39 is 0 Å². The molecular formula is C7H10ClNS. The lowest BCUT2D eigenvalue weighted by atomic mass is 10.3. The molecule has 1 nitrogen and oxygen atoms in total. The van der Waals surface area contributed by atoms with E-state index in [9.17, 15) is 0 Å². The van der Waals surface area contributed by atoms with Gasteiger partial charge in [0.05, 0.1) is 0 Å². The lowest BCUT2D eigenvalue weighted by Gasteiger charge is -2.05. The Balaban J connectivity index is 2.82. The van der Waals surface area contributed by atoms with Gasteiger partial charge in [-0.3, -0.25) is 5.32 Å². The zero-order valence-corrected chi connectivity index (χ0v) is 7.59. The monoisotopic (exact) mass is 175 g/mol. The molecule has 0 aliphatic heterocycles. The molecule has 1 atom stereocenters. The molecule has 56 valence electrons. The van der Waals surface area contributed by atoms with Gasteiger partial charge in [-0.2, -0.15) is 0 Å². The van der Waals surface area contributed by atoms with Gasteiger partial charge < -0.3 is 0 Å². The summed E-state index contributed by atoms with van der Waals surface area (Å²) in [5.74, 6) is 0. The molecule has 0 bridgehead atoms. The summed E-state index contributed by atoms with van der Waals surface area (Å²) < 4.78 is 0. The number of thiophene rings is 1. The Labute approximate surface area is 70.0 Å². The molecule has 0 aliphatic rings. The highest BCUT2D eigenvalue weighted by Gasteiger charge is 2.07. The lowest BCUT2D eigenvalue weighted by molar-refractivity contribution is 0.792. The second kappa shape index (κ2) is 3.37. The Kier molecular flexibility index (Phi) is 2.72. The summed E-state index contributed by atoms with van der Waals surface area (Å²) in [4.78, 5) is 1.21. The van der Waals surface area contributed by atoms with E-state index in [4.69, 9.17) is 11.6 Å². The highest BCUT2D eigenvalue weighted by atomic mass is 35.5. The number of hydrogen-bond donors (Lipinski definition) is 1. The minimum absolute atomic E-state index is 0.0278. The van der Waals surface area contributed by atoms with Crippen LogP contribution in [0.3, 0.4) is 0 Å². The van der Waals surface area contributed by atoms with Crippen LogP contribution in [0.1, 0.15) is 15.9 Å². The molecular weight excluding hydrogens is 166 g/mol. The second-order valence-corrected chi connectivity index (χ2v) is 3.50. The summed E-state index contributed by atoms with van der Waals surface area (Å²) in [5.41, 5.74) is 1.24. The summed E-state index contributed by atoms with van der Waals surface area (Å²) in [6.07, 6.45) is 0. The average Bonchev–Trinajstić information content (AvgIpc) is 2.34. The molecule has 1 aromatic rings. The number of halogens is 1. The van der Waals surface area contributed by atoms with Gasteiger partial charge in [-0.05, 0) is 31.0 Å². The Morgan fingerprint density at radius 2 is 2.40 bits per heavy atom. The summed E-state index contributed by atoms with van der Waals surface area (Å²) in [5, 5.41) is 5.04. The van der Waals surface area contributed by atoms with Gasteiger partial charge in [0.1, 0.15) is 5.50 Å². The Hall–Kier alpha value is -0.0500. The van der Waals surface area contributed by atoms with E-state index in [2.05, 4.69) is 23.7 Å². The molecule has 3 heteroatoms. The van der Waals surface area contributed by atoms with Crippen molar-refractivity contribution in [3.8, 4) is 0 Å². The maximum Gasteiger partial charge on any atom is 0.117 e. The first kappa shape index (κ1) is 8.05. The minimum atomic E-state index is -0.0278. The van der Waals surface area contributed by atoms with Crippen molar-refractivity contribution in [2.45, 2.75) is 12.4 Å². The number of alkyl halides is 1. The fourth-order valence-corrected chi connectivity index (χ4v) is 2.01. The maximum atomic E-state index is 5.94. The minimum Gasteiger partial charge on any atom is -0.300 e. The zero-order valence-electron chi connectivity index (χ0n) is 6.02. The molecule has 0 aliphatic carbocycles. The summed E-state index contributed by atoms with van der Waals surface area (Å²) in [6.45, 7) is 2.07. The van der Waals surface area contributed by atoms with Crippen molar-refractivity contribution in [1.29, 1.82) is 0 Å². The molecule has 0 aromatic carbocycles.